The number of benzene rings is 2. The lowest BCUT2D eigenvalue weighted by Gasteiger charge is -2.33. The van der Waals surface area contributed by atoms with Crippen LogP contribution in [0.25, 0.3) is 10.9 Å². The number of nitrogens with one attached hydrogen (secondary N) is 2. The van der Waals surface area contributed by atoms with Crippen molar-refractivity contribution in [3.63, 3.8) is 0 Å². The quantitative estimate of drug-likeness (QED) is 0.755. The summed E-state index contributed by atoms with van der Waals surface area (Å²) >= 11 is 0. The fourth-order valence-corrected chi connectivity index (χ4v) is 3.55. The predicted octanol–water partition coefficient (Wildman–Crippen LogP) is 3.96. The Hall–Kier alpha value is -3.26. The Morgan fingerprint density at radius 1 is 1.19 bits per heavy atom. The van der Waals surface area contributed by atoms with Gasteiger partial charge in [-0.05, 0) is 68.3 Å². The Balaban J connectivity index is 1.54. The molecule has 0 aliphatic carbocycles. The van der Waals surface area contributed by atoms with Gasteiger partial charge in [-0.1, -0.05) is 0 Å². The fraction of sp³-hybridized carbons (Fsp3) is 0.238. The molecule has 1 aromatic heterocycles. The number of anilines is 2. The average molecular weight is 344 g/mol. The molecule has 2 N–H and O–H groups in total. The molecule has 0 saturated carbocycles. The van der Waals surface area contributed by atoms with E-state index in [-0.39, 0.29) is 11.9 Å². The summed E-state index contributed by atoms with van der Waals surface area (Å²) < 4.78 is 0. The van der Waals surface area contributed by atoms with Crippen LogP contribution in [0.3, 0.4) is 0 Å². The molecule has 1 saturated heterocycles. The van der Waals surface area contributed by atoms with Gasteiger partial charge in [0.1, 0.15) is 6.04 Å². The molecule has 5 heteroatoms. The minimum absolute atomic E-state index is 0.0753. The average Bonchev–Trinajstić information content (AvgIpc) is 3.03. The highest BCUT2D eigenvalue weighted by atomic mass is 16.2. The molecule has 2 aromatic carbocycles. The van der Waals surface area contributed by atoms with Gasteiger partial charge in [0.05, 0.1) is 11.6 Å². The summed E-state index contributed by atoms with van der Waals surface area (Å²) in [5, 5.41) is 13.5. The Kier molecular flexibility index (Phi) is 4.10. The van der Waals surface area contributed by atoms with Crippen LogP contribution in [0.15, 0.2) is 48.5 Å². The maximum Gasteiger partial charge on any atom is 0.249 e. The Morgan fingerprint density at radius 3 is 2.77 bits per heavy atom. The Morgan fingerprint density at radius 2 is 2.00 bits per heavy atom. The molecule has 2 heterocycles. The Bertz CT molecular complexity index is 997. The van der Waals surface area contributed by atoms with Crippen LogP contribution in [-0.2, 0) is 4.79 Å². The molecule has 3 aromatic rings. The van der Waals surface area contributed by atoms with E-state index in [0.29, 0.717) is 12.1 Å². The number of piperidine rings is 1. The third-order valence-corrected chi connectivity index (χ3v) is 4.84. The van der Waals surface area contributed by atoms with E-state index < -0.39 is 0 Å². The van der Waals surface area contributed by atoms with E-state index in [1.807, 2.05) is 31.2 Å². The number of H-pyrrole nitrogens is 1. The highest BCUT2D eigenvalue weighted by Gasteiger charge is 2.29. The van der Waals surface area contributed by atoms with Crippen molar-refractivity contribution >= 4 is 28.2 Å². The number of fused-ring (bicyclic) bond motifs is 1. The number of carbonyl (C=O) groups excluding carboxylic acids is 1. The lowest BCUT2D eigenvalue weighted by molar-refractivity contribution is -0.120. The van der Waals surface area contributed by atoms with E-state index in [0.717, 1.165) is 40.8 Å². The molecule has 1 aliphatic rings. The lowest BCUT2D eigenvalue weighted by atomic mass is 10.0. The van der Waals surface area contributed by atoms with Gasteiger partial charge in [-0.25, -0.2) is 0 Å². The smallest absolute Gasteiger partial charge is 0.249 e. The third-order valence-electron chi connectivity index (χ3n) is 4.84. The molecule has 1 fully saturated rings. The SMILES string of the molecule is Cc1cc2cc(NC3CCCN(c4ccc(C#N)cc4)C3=O)ccc2[nH]1. The van der Waals surface area contributed by atoms with Crippen LogP contribution in [0.5, 0.6) is 0 Å². The van der Waals surface area contributed by atoms with Crippen molar-refractivity contribution in [1.29, 1.82) is 5.26 Å². The summed E-state index contributed by atoms with van der Waals surface area (Å²) in [7, 11) is 0. The lowest BCUT2D eigenvalue weighted by Crippen LogP contribution is -2.47. The number of hydrogen-bond donors (Lipinski definition) is 2. The summed E-state index contributed by atoms with van der Waals surface area (Å²) in [6.07, 6.45) is 1.75. The largest absolute Gasteiger partial charge is 0.374 e. The second kappa shape index (κ2) is 6.57. The minimum Gasteiger partial charge on any atom is -0.374 e. The molecule has 1 atom stereocenters. The minimum atomic E-state index is -0.239. The molecule has 0 radical (unpaired) electrons. The van der Waals surface area contributed by atoms with Gasteiger partial charge < -0.3 is 15.2 Å². The van der Waals surface area contributed by atoms with Gasteiger partial charge in [0.25, 0.3) is 0 Å². The second-order valence-corrected chi connectivity index (χ2v) is 6.74. The highest BCUT2D eigenvalue weighted by Crippen LogP contribution is 2.25. The number of carbonyl (C=O) groups is 1. The number of hydrogen-bond acceptors (Lipinski definition) is 3. The van der Waals surface area contributed by atoms with Crippen molar-refractivity contribution in [2.24, 2.45) is 0 Å². The summed E-state index contributed by atoms with van der Waals surface area (Å²) in [5.74, 6) is 0.0753. The molecule has 5 nitrogen and oxygen atoms in total. The first-order valence-corrected chi connectivity index (χ1v) is 8.81. The number of aromatic nitrogens is 1. The highest BCUT2D eigenvalue weighted by molar-refractivity contribution is 5.99. The van der Waals surface area contributed by atoms with Gasteiger partial charge >= 0.3 is 0 Å². The summed E-state index contributed by atoms with van der Waals surface area (Å²) in [5.41, 5.74) is 4.62. The van der Waals surface area contributed by atoms with Gasteiger partial charge in [-0.15, -0.1) is 0 Å². The Labute approximate surface area is 152 Å². The first-order chi connectivity index (χ1) is 12.6. The van der Waals surface area contributed by atoms with Gasteiger partial charge in [-0.2, -0.15) is 5.26 Å². The van der Waals surface area contributed by atoms with Crippen LogP contribution >= 0.6 is 0 Å². The van der Waals surface area contributed by atoms with E-state index in [1.165, 1.54) is 0 Å². The summed E-state index contributed by atoms with van der Waals surface area (Å²) in [6, 6.07) is 17.3. The van der Waals surface area contributed by atoms with Crippen LogP contribution < -0.4 is 10.2 Å². The van der Waals surface area contributed by atoms with Crippen molar-refractivity contribution < 1.29 is 4.79 Å². The summed E-state index contributed by atoms with van der Waals surface area (Å²) in [6.45, 7) is 2.74. The molecule has 1 unspecified atom stereocenters. The van der Waals surface area contributed by atoms with Gasteiger partial charge in [0.2, 0.25) is 5.91 Å². The second-order valence-electron chi connectivity index (χ2n) is 6.74. The first-order valence-electron chi connectivity index (χ1n) is 8.81. The van der Waals surface area contributed by atoms with Crippen molar-refractivity contribution in [3.8, 4) is 6.07 Å². The zero-order valence-corrected chi connectivity index (χ0v) is 14.6. The molecule has 4 rings (SSSR count). The standard InChI is InChI=1S/C21H20N4O/c1-14-11-16-12-17(6-9-19(16)23-14)24-20-3-2-10-25(21(20)26)18-7-4-15(13-22)5-8-18/h4-9,11-12,20,23-24H,2-3,10H2,1H3. The van der Waals surface area contributed by atoms with Crippen molar-refractivity contribution in [2.45, 2.75) is 25.8 Å². The van der Waals surface area contributed by atoms with Crippen molar-refractivity contribution in [3.05, 3.63) is 59.8 Å². The van der Waals surface area contributed by atoms with Crippen molar-refractivity contribution in [2.75, 3.05) is 16.8 Å². The molecule has 1 amide bonds. The van der Waals surface area contributed by atoms with E-state index in [2.05, 4.69) is 28.5 Å². The fourth-order valence-electron chi connectivity index (χ4n) is 3.55. The molecule has 0 spiro atoms. The van der Waals surface area contributed by atoms with Gasteiger partial charge in [0.15, 0.2) is 0 Å². The van der Waals surface area contributed by atoms with E-state index >= 15 is 0 Å². The number of nitrogens with zero attached hydrogens (tertiary/aromatic N) is 2. The number of aryl methyl sites for hydroxylation is 1. The molecule has 1 aliphatic heterocycles. The molecular formula is C21H20N4O. The van der Waals surface area contributed by atoms with Gasteiger partial charge in [0, 0.05) is 34.5 Å². The third kappa shape index (κ3) is 3.02. The number of rotatable bonds is 3. The van der Waals surface area contributed by atoms with Crippen LogP contribution in [-0.4, -0.2) is 23.5 Å². The van der Waals surface area contributed by atoms with E-state index in [4.69, 9.17) is 5.26 Å². The summed E-state index contributed by atoms with van der Waals surface area (Å²) in [4.78, 5) is 18.1. The zero-order valence-electron chi connectivity index (χ0n) is 14.6. The number of amides is 1. The van der Waals surface area contributed by atoms with Crippen LogP contribution in [0.2, 0.25) is 0 Å². The van der Waals surface area contributed by atoms with Gasteiger partial charge in [-0.3, -0.25) is 4.79 Å². The van der Waals surface area contributed by atoms with Crippen LogP contribution in [0.4, 0.5) is 11.4 Å². The van der Waals surface area contributed by atoms with E-state index in [1.54, 1.807) is 17.0 Å². The predicted molar refractivity (Wildman–Crippen MR) is 103 cm³/mol. The van der Waals surface area contributed by atoms with Crippen LogP contribution in [0.1, 0.15) is 24.1 Å². The molecule has 130 valence electrons. The zero-order chi connectivity index (χ0) is 18.1. The van der Waals surface area contributed by atoms with Crippen LogP contribution in [0, 0.1) is 18.3 Å². The maximum absolute atomic E-state index is 12.9. The topological polar surface area (TPSA) is 71.9 Å². The van der Waals surface area contributed by atoms with E-state index in [9.17, 15) is 4.79 Å². The van der Waals surface area contributed by atoms with Crippen molar-refractivity contribution in [1.82, 2.24) is 4.98 Å². The normalized spacial score (nSPS) is 17.3. The monoisotopic (exact) mass is 344 g/mol. The molecular weight excluding hydrogens is 324 g/mol. The number of aromatic amines is 1. The number of nitriles is 1. The first kappa shape index (κ1) is 16.2. The molecule has 0 bridgehead atoms. The molecule has 26 heavy (non-hydrogen) atoms. The maximum atomic E-state index is 12.9.